The van der Waals surface area contributed by atoms with Gasteiger partial charge in [-0.3, -0.25) is 9.59 Å². The average Bonchev–Trinajstić information content (AvgIpc) is 2.90. The Kier molecular flexibility index (Phi) is 10.2. The summed E-state index contributed by atoms with van der Waals surface area (Å²) < 4.78 is 43.1. The molecule has 0 aliphatic heterocycles. The number of halogens is 1. The number of anilines is 1. The highest BCUT2D eigenvalue weighted by Gasteiger charge is 2.35. The van der Waals surface area contributed by atoms with Crippen LogP contribution in [0.2, 0.25) is 0 Å². The monoisotopic (exact) mass is 554 g/mol. The molecule has 1 N–H and O–H groups in total. The minimum absolute atomic E-state index is 0.0578. The molecule has 3 rings (SSSR count). The summed E-state index contributed by atoms with van der Waals surface area (Å²) >= 11 is 0. The summed E-state index contributed by atoms with van der Waals surface area (Å²) in [6.45, 7) is 3.42. The van der Waals surface area contributed by atoms with E-state index in [-0.39, 0.29) is 24.6 Å². The van der Waals surface area contributed by atoms with E-state index in [2.05, 4.69) is 5.32 Å². The summed E-state index contributed by atoms with van der Waals surface area (Å²) in [5.41, 5.74) is 2.33. The highest BCUT2D eigenvalue weighted by Crippen LogP contribution is 2.24. The Balaban J connectivity index is 2.09. The molecule has 0 fully saturated rings. The van der Waals surface area contributed by atoms with Crippen LogP contribution in [-0.2, 0) is 32.8 Å². The van der Waals surface area contributed by atoms with Crippen LogP contribution < -0.4 is 9.62 Å². The van der Waals surface area contributed by atoms with Crippen LogP contribution in [0.5, 0.6) is 0 Å². The van der Waals surface area contributed by atoms with Crippen molar-refractivity contribution in [3.63, 3.8) is 0 Å². The molecule has 0 saturated carbocycles. The van der Waals surface area contributed by atoms with Crippen LogP contribution in [0.1, 0.15) is 23.6 Å². The van der Waals surface area contributed by atoms with Crippen molar-refractivity contribution in [2.24, 2.45) is 0 Å². The topological polar surface area (TPSA) is 90.0 Å². The van der Waals surface area contributed by atoms with Crippen molar-refractivity contribution in [1.29, 1.82) is 0 Å². The van der Waals surface area contributed by atoms with Gasteiger partial charge in [0.1, 0.15) is 18.4 Å². The number of nitrogens with zero attached hydrogens (tertiary/aromatic N) is 3. The lowest BCUT2D eigenvalue weighted by Gasteiger charge is -2.34. The third-order valence-electron chi connectivity index (χ3n) is 6.20. The van der Waals surface area contributed by atoms with Crippen LogP contribution in [0, 0.1) is 12.7 Å². The van der Waals surface area contributed by atoms with E-state index in [1.54, 1.807) is 6.92 Å². The van der Waals surface area contributed by atoms with Gasteiger partial charge in [0.25, 0.3) is 0 Å². The molecule has 0 unspecified atom stereocenters. The number of benzene rings is 3. The molecule has 1 atom stereocenters. The number of carbonyl (C=O) groups excluding carboxylic acids is 2. The number of hydrogen-bond donors (Lipinski definition) is 1. The Morgan fingerprint density at radius 3 is 2.18 bits per heavy atom. The van der Waals surface area contributed by atoms with E-state index in [1.165, 1.54) is 37.2 Å². The van der Waals surface area contributed by atoms with E-state index in [1.807, 2.05) is 61.5 Å². The summed E-state index contributed by atoms with van der Waals surface area (Å²) in [6, 6.07) is 21.2. The van der Waals surface area contributed by atoms with Gasteiger partial charge in [0, 0.05) is 33.6 Å². The molecule has 0 heterocycles. The van der Waals surface area contributed by atoms with E-state index < -0.39 is 34.5 Å². The molecule has 0 aliphatic rings. The average molecular weight is 555 g/mol. The van der Waals surface area contributed by atoms with Gasteiger partial charge in [-0.15, -0.1) is 0 Å². The fourth-order valence-electron chi connectivity index (χ4n) is 4.21. The van der Waals surface area contributed by atoms with E-state index in [4.69, 9.17) is 0 Å². The van der Waals surface area contributed by atoms with Crippen LogP contribution in [0.4, 0.5) is 10.1 Å². The van der Waals surface area contributed by atoms with Crippen molar-refractivity contribution < 1.29 is 22.4 Å². The Bertz CT molecular complexity index is 1380. The minimum atomic E-state index is -4.26. The summed E-state index contributed by atoms with van der Waals surface area (Å²) in [5.74, 6) is -1.79. The second-order valence-electron chi connectivity index (χ2n) is 9.36. The molecule has 0 aliphatic carbocycles. The van der Waals surface area contributed by atoms with Gasteiger partial charge in [-0.25, -0.2) is 8.70 Å². The zero-order chi connectivity index (χ0) is 28.6. The fourth-order valence-corrected chi connectivity index (χ4v) is 5.27. The quantitative estimate of drug-likeness (QED) is 0.371. The van der Waals surface area contributed by atoms with Gasteiger partial charge < -0.3 is 10.2 Å². The van der Waals surface area contributed by atoms with Gasteiger partial charge in [0.15, 0.2) is 0 Å². The lowest BCUT2D eigenvalue weighted by atomic mass is 10.0. The van der Waals surface area contributed by atoms with Crippen LogP contribution in [0.25, 0.3) is 0 Å². The number of amides is 2. The van der Waals surface area contributed by atoms with Crippen molar-refractivity contribution in [2.45, 2.75) is 32.9 Å². The van der Waals surface area contributed by atoms with E-state index in [0.29, 0.717) is 6.54 Å². The van der Waals surface area contributed by atoms with Gasteiger partial charge in [-0.2, -0.15) is 12.7 Å². The zero-order valence-electron chi connectivity index (χ0n) is 22.7. The molecule has 8 nitrogen and oxygen atoms in total. The second-order valence-corrected chi connectivity index (χ2v) is 11.4. The van der Waals surface area contributed by atoms with Crippen molar-refractivity contribution in [3.8, 4) is 0 Å². The largest absolute Gasteiger partial charge is 0.355 e. The molecular weight excluding hydrogens is 519 g/mol. The second kappa shape index (κ2) is 13.3. The van der Waals surface area contributed by atoms with Gasteiger partial charge in [-0.05, 0) is 37.1 Å². The van der Waals surface area contributed by atoms with E-state index in [9.17, 15) is 22.4 Å². The van der Waals surface area contributed by atoms with Crippen LogP contribution in [0.3, 0.4) is 0 Å². The highest BCUT2D eigenvalue weighted by molar-refractivity contribution is 7.90. The summed E-state index contributed by atoms with van der Waals surface area (Å²) in [5, 5.41) is 2.81. The number of carbonyl (C=O) groups is 2. The first-order chi connectivity index (χ1) is 18.5. The minimum Gasteiger partial charge on any atom is -0.355 e. The highest BCUT2D eigenvalue weighted by atomic mass is 32.2. The van der Waals surface area contributed by atoms with Gasteiger partial charge in [0.2, 0.25) is 11.8 Å². The zero-order valence-corrected chi connectivity index (χ0v) is 23.5. The first kappa shape index (κ1) is 29.8. The maximum Gasteiger partial charge on any atom is 0.304 e. The SMILES string of the molecule is CCNC(=O)[C@H](Cc1ccccc1)N(Cc1cccc(C)c1)C(=O)CN(c1ccccc1F)S(=O)(=O)N(C)C. The third kappa shape index (κ3) is 7.64. The Labute approximate surface area is 230 Å². The Morgan fingerprint density at radius 1 is 0.923 bits per heavy atom. The molecule has 0 radical (unpaired) electrons. The smallest absolute Gasteiger partial charge is 0.304 e. The van der Waals surface area contributed by atoms with Crippen molar-refractivity contribution in [2.75, 3.05) is 31.5 Å². The molecule has 3 aromatic rings. The van der Waals surface area contributed by atoms with Gasteiger partial charge >= 0.3 is 10.2 Å². The molecule has 0 saturated heterocycles. The predicted molar refractivity (Wildman–Crippen MR) is 151 cm³/mol. The lowest BCUT2D eigenvalue weighted by molar-refractivity contribution is -0.140. The molecular formula is C29H35FN4O4S. The number of hydrogen-bond acceptors (Lipinski definition) is 4. The molecule has 0 aromatic heterocycles. The van der Waals surface area contributed by atoms with E-state index in [0.717, 1.165) is 31.4 Å². The maximum atomic E-state index is 14.8. The Hall–Kier alpha value is -3.76. The molecule has 2 amide bonds. The molecule has 0 bridgehead atoms. The standard InChI is InChI=1S/C29H35FN4O4S/c1-5-31-29(36)27(19-23-13-7-6-8-14-23)33(20-24-15-11-12-22(2)18-24)28(35)21-34(39(37,38)32(3)4)26-17-10-9-16-25(26)30/h6-18,27H,5,19-21H2,1-4H3,(H,31,36)/t27-/m0/s1. The first-order valence-electron chi connectivity index (χ1n) is 12.7. The summed E-state index contributed by atoms with van der Waals surface area (Å²) in [7, 11) is -1.64. The van der Waals surface area contributed by atoms with Crippen LogP contribution in [-0.4, -0.2) is 62.7 Å². The molecule has 3 aromatic carbocycles. The number of nitrogens with one attached hydrogen (secondary N) is 1. The Morgan fingerprint density at radius 2 is 1.56 bits per heavy atom. The molecule has 39 heavy (non-hydrogen) atoms. The fraction of sp³-hybridized carbons (Fsp3) is 0.310. The maximum absolute atomic E-state index is 14.8. The number of likely N-dealkylation sites (N-methyl/N-ethyl adjacent to an activating group) is 1. The van der Waals surface area contributed by atoms with Gasteiger partial charge in [0.05, 0.1) is 5.69 Å². The number of para-hydroxylation sites is 1. The molecule has 10 heteroatoms. The first-order valence-corrected chi connectivity index (χ1v) is 14.1. The lowest BCUT2D eigenvalue weighted by Crippen LogP contribution is -2.54. The van der Waals surface area contributed by atoms with Crippen LogP contribution >= 0.6 is 0 Å². The normalized spacial score (nSPS) is 12.2. The number of aryl methyl sites for hydroxylation is 1. The van der Waals surface area contributed by atoms with Crippen molar-refractivity contribution in [3.05, 3.63) is 101 Å². The molecule has 0 spiro atoms. The van der Waals surface area contributed by atoms with Gasteiger partial charge in [-0.1, -0.05) is 72.3 Å². The van der Waals surface area contributed by atoms with Crippen LogP contribution in [0.15, 0.2) is 78.9 Å². The summed E-state index contributed by atoms with van der Waals surface area (Å²) in [6.07, 6.45) is 0.213. The van der Waals surface area contributed by atoms with Crippen molar-refractivity contribution >= 4 is 27.7 Å². The predicted octanol–water partition coefficient (Wildman–Crippen LogP) is 3.52. The number of rotatable bonds is 12. The van der Waals surface area contributed by atoms with Crippen molar-refractivity contribution in [1.82, 2.24) is 14.5 Å². The van der Waals surface area contributed by atoms with E-state index >= 15 is 0 Å². The third-order valence-corrected chi connectivity index (χ3v) is 8.00. The summed E-state index contributed by atoms with van der Waals surface area (Å²) in [4.78, 5) is 28.8. The molecule has 208 valence electrons.